The number of nitrogens with zero attached hydrogens (tertiary/aromatic N) is 1. The first-order valence-electron chi connectivity index (χ1n) is 6.44. The smallest absolute Gasteiger partial charge is 0.238 e. The lowest BCUT2D eigenvalue weighted by Crippen LogP contribution is -2.19. The van der Waals surface area contributed by atoms with Gasteiger partial charge in [-0.15, -0.1) is 11.3 Å². The monoisotopic (exact) mass is 339 g/mol. The minimum absolute atomic E-state index is 0.0375. The molecule has 0 unspecified atom stereocenters. The highest BCUT2D eigenvalue weighted by molar-refractivity contribution is 7.89. The number of carbonyl (C=O) groups is 1. The molecule has 118 valence electrons. The van der Waals surface area contributed by atoms with E-state index in [-0.39, 0.29) is 17.2 Å². The predicted octanol–water partition coefficient (Wildman–Crippen LogP) is 1.64. The van der Waals surface area contributed by atoms with E-state index in [1.165, 1.54) is 23.5 Å². The first-order chi connectivity index (χ1) is 10.3. The van der Waals surface area contributed by atoms with Crippen molar-refractivity contribution in [1.29, 1.82) is 0 Å². The maximum Gasteiger partial charge on any atom is 0.238 e. The van der Waals surface area contributed by atoms with Gasteiger partial charge >= 0.3 is 0 Å². The van der Waals surface area contributed by atoms with Crippen LogP contribution in [0.25, 0.3) is 0 Å². The summed E-state index contributed by atoms with van der Waals surface area (Å²) in [5.41, 5.74) is 1.12. The van der Waals surface area contributed by atoms with Crippen molar-refractivity contribution in [1.82, 2.24) is 0 Å². The molecule has 0 saturated carbocycles. The number of amides is 1. The molecule has 2 rings (SSSR count). The number of sulfonamides is 1. The molecule has 1 aromatic heterocycles. The molecular formula is C14H17N3O3S2. The van der Waals surface area contributed by atoms with Crippen molar-refractivity contribution in [3.05, 3.63) is 40.6 Å². The molecular weight excluding hydrogens is 322 g/mol. The molecule has 0 bridgehead atoms. The maximum absolute atomic E-state index is 12.1. The van der Waals surface area contributed by atoms with Crippen LogP contribution in [0.3, 0.4) is 0 Å². The van der Waals surface area contributed by atoms with Crippen LogP contribution in [0, 0.1) is 0 Å². The van der Waals surface area contributed by atoms with Crippen molar-refractivity contribution in [2.75, 3.05) is 24.3 Å². The molecule has 1 amide bonds. The number of primary sulfonamides is 1. The molecule has 0 aliphatic heterocycles. The molecule has 0 spiro atoms. The first-order valence-corrected chi connectivity index (χ1v) is 8.86. The average molecular weight is 339 g/mol. The standard InChI is InChI=1S/C14H17N3O3S2/c1-17(2)13-6-5-11(22(15,19)20)9-12(13)16-14(18)8-10-4-3-7-21-10/h3-7,9H,8H2,1-2H3,(H,16,18)(H2,15,19,20). The largest absolute Gasteiger partial charge is 0.376 e. The van der Waals surface area contributed by atoms with Gasteiger partial charge in [0.15, 0.2) is 0 Å². The number of hydrogen-bond donors (Lipinski definition) is 2. The summed E-state index contributed by atoms with van der Waals surface area (Å²) in [4.78, 5) is 14.8. The Labute approximate surface area is 133 Å². The summed E-state index contributed by atoms with van der Waals surface area (Å²) >= 11 is 1.49. The van der Waals surface area contributed by atoms with E-state index in [9.17, 15) is 13.2 Å². The Kier molecular flexibility index (Phi) is 4.84. The topological polar surface area (TPSA) is 92.5 Å². The Hall–Kier alpha value is -1.90. The van der Waals surface area contributed by atoms with Crippen molar-refractivity contribution in [2.24, 2.45) is 5.14 Å². The van der Waals surface area contributed by atoms with E-state index in [4.69, 9.17) is 5.14 Å². The van der Waals surface area contributed by atoms with Gasteiger partial charge in [0, 0.05) is 19.0 Å². The van der Waals surface area contributed by atoms with E-state index < -0.39 is 10.0 Å². The number of rotatable bonds is 5. The molecule has 22 heavy (non-hydrogen) atoms. The van der Waals surface area contributed by atoms with Gasteiger partial charge in [-0.3, -0.25) is 4.79 Å². The van der Waals surface area contributed by atoms with E-state index in [2.05, 4.69) is 5.32 Å². The number of thiophene rings is 1. The fourth-order valence-corrected chi connectivity index (χ4v) is 3.19. The summed E-state index contributed by atoms with van der Waals surface area (Å²) in [5.74, 6) is -0.211. The highest BCUT2D eigenvalue weighted by atomic mass is 32.2. The van der Waals surface area contributed by atoms with Crippen LogP contribution in [0.4, 0.5) is 11.4 Å². The highest BCUT2D eigenvalue weighted by Gasteiger charge is 2.15. The van der Waals surface area contributed by atoms with Crippen molar-refractivity contribution < 1.29 is 13.2 Å². The van der Waals surface area contributed by atoms with Crippen LogP contribution in [0.5, 0.6) is 0 Å². The minimum atomic E-state index is -3.82. The lowest BCUT2D eigenvalue weighted by atomic mass is 10.2. The number of benzene rings is 1. The highest BCUT2D eigenvalue weighted by Crippen LogP contribution is 2.27. The van der Waals surface area contributed by atoms with Crippen LogP contribution in [-0.2, 0) is 21.2 Å². The normalized spacial score (nSPS) is 11.2. The molecule has 0 aliphatic rings. The van der Waals surface area contributed by atoms with Gasteiger partial charge in [0.05, 0.1) is 22.7 Å². The summed E-state index contributed by atoms with van der Waals surface area (Å²) in [6.07, 6.45) is 0.240. The third kappa shape index (κ3) is 4.06. The molecule has 1 heterocycles. The van der Waals surface area contributed by atoms with E-state index in [1.807, 2.05) is 17.5 Å². The van der Waals surface area contributed by atoms with Crippen LogP contribution in [0.1, 0.15) is 4.88 Å². The van der Waals surface area contributed by atoms with Crippen molar-refractivity contribution in [2.45, 2.75) is 11.3 Å². The zero-order valence-corrected chi connectivity index (χ0v) is 13.9. The van der Waals surface area contributed by atoms with Gasteiger partial charge in [-0.2, -0.15) is 0 Å². The van der Waals surface area contributed by atoms with Gasteiger partial charge in [-0.1, -0.05) is 6.07 Å². The molecule has 0 atom stereocenters. The van der Waals surface area contributed by atoms with E-state index in [0.717, 1.165) is 4.88 Å². The molecule has 0 saturated heterocycles. The summed E-state index contributed by atoms with van der Waals surface area (Å²) in [5, 5.41) is 9.79. The van der Waals surface area contributed by atoms with Crippen molar-refractivity contribution in [3.8, 4) is 0 Å². The SMILES string of the molecule is CN(C)c1ccc(S(N)(=O)=O)cc1NC(=O)Cc1cccs1. The summed E-state index contributed by atoms with van der Waals surface area (Å²) < 4.78 is 22.9. The molecule has 3 N–H and O–H groups in total. The Balaban J connectivity index is 2.29. The number of carbonyl (C=O) groups excluding carboxylic acids is 1. The average Bonchev–Trinajstić information content (AvgIpc) is 2.89. The summed E-state index contributed by atoms with van der Waals surface area (Å²) in [6.45, 7) is 0. The molecule has 0 fully saturated rings. The first kappa shape index (κ1) is 16.5. The van der Waals surface area contributed by atoms with Gasteiger partial charge in [-0.05, 0) is 29.6 Å². The third-order valence-electron chi connectivity index (χ3n) is 2.97. The second-order valence-electron chi connectivity index (χ2n) is 4.92. The summed E-state index contributed by atoms with van der Waals surface area (Å²) in [6, 6.07) is 8.15. The molecule has 0 radical (unpaired) electrons. The number of anilines is 2. The van der Waals surface area contributed by atoms with Crippen LogP contribution < -0.4 is 15.4 Å². The minimum Gasteiger partial charge on any atom is -0.376 e. The number of hydrogen-bond acceptors (Lipinski definition) is 5. The van der Waals surface area contributed by atoms with Gasteiger partial charge in [0.1, 0.15) is 0 Å². The van der Waals surface area contributed by atoms with Crippen LogP contribution in [0.2, 0.25) is 0 Å². The molecule has 6 nitrogen and oxygen atoms in total. The van der Waals surface area contributed by atoms with E-state index >= 15 is 0 Å². The Bertz CT molecular complexity index is 769. The molecule has 1 aromatic carbocycles. The fourth-order valence-electron chi connectivity index (χ4n) is 1.95. The van der Waals surface area contributed by atoms with Crippen molar-refractivity contribution >= 4 is 38.6 Å². The van der Waals surface area contributed by atoms with E-state index in [1.54, 1.807) is 25.1 Å². The summed E-state index contributed by atoms with van der Waals surface area (Å²) in [7, 11) is -0.208. The number of nitrogens with two attached hydrogens (primary N) is 1. The Morgan fingerprint density at radius 3 is 2.59 bits per heavy atom. The zero-order valence-electron chi connectivity index (χ0n) is 12.2. The lowest BCUT2D eigenvalue weighted by molar-refractivity contribution is -0.115. The molecule has 2 aromatic rings. The van der Waals surface area contributed by atoms with Crippen molar-refractivity contribution in [3.63, 3.8) is 0 Å². The predicted molar refractivity (Wildman–Crippen MR) is 88.8 cm³/mol. The lowest BCUT2D eigenvalue weighted by Gasteiger charge is -2.18. The number of nitrogens with one attached hydrogen (secondary N) is 1. The van der Waals surface area contributed by atoms with Crippen LogP contribution in [0.15, 0.2) is 40.6 Å². The van der Waals surface area contributed by atoms with Gasteiger partial charge in [-0.25, -0.2) is 13.6 Å². The van der Waals surface area contributed by atoms with Gasteiger partial charge < -0.3 is 10.2 Å². The molecule has 8 heteroatoms. The van der Waals surface area contributed by atoms with Gasteiger partial charge in [0.25, 0.3) is 0 Å². The van der Waals surface area contributed by atoms with Crippen LogP contribution in [-0.4, -0.2) is 28.4 Å². The Morgan fingerprint density at radius 1 is 1.32 bits per heavy atom. The van der Waals surface area contributed by atoms with Crippen LogP contribution >= 0.6 is 11.3 Å². The maximum atomic E-state index is 12.1. The Morgan fingerprint density at radius 2 is 2.05 bits per heavy atom. The third-order valence-corrected chi connectivity index (χ3v) is 4.75. The quantitative estimate of drug-likeness (QED) is 0.866. The second-order valence-corrected chi connectivity index (χ2v) is 7.52. The zero-order chi connectivity index (χ0) is 16.3. The second kappa shape index (κ2) is 6.47. The fraction of sp³-hybridized carbons (Fsp3) is 0.214. The molecule has 0 aliphatic carbocycles. The van der Waals surface area contributed by atoms with Gasteiger partial charge in [0.2, 0.25) is 15.9 Å². The van der Waals surface area contributed by atoms with E-state index in [0.29, 0.717) is 11.4 Å².